The van der Waals surface area contributed by atoms with Crippen molar-refractivity contribution < 1.29 is 24.6 Å². The smallest absolute Gasteiger partial charge is 0.294 e. The zero-order valence-corrected chi connectivity index (χ0v) is 21.3. The highest BCUT2D eigenvalue weighted by molar-refractivity contribution is 5.80. The number of nitrogens with zero attached hydrogens (tertiary/aromatic N) is 1. The lowest BCUT2D eigenvalue weighted by atomic mass is 9.77. The van der Waals surface area contributed by atoms with Gasteiger partial charge in [0, 0.05) is 18.4 Å². The molecular formula is C26H43NO6. The van der Waals surface area contributed by atoms with Gasteiger partial charge in [0.05, 0.1) is 12.7 Å². The fourth-order valence-electron chi connectivity index (χ4n) is 4.34. The minimum absolute atomic E-state index is 0.00791. The van der Waals surface area contributed by atoms with E-state index in [0.29, 0.717) is 25.0 Å². The topological polar surface area (TPSA) is 98.9 Å². The first-order valence-corrected chi connectivity index (χ1v) is 12.4. The molecule has 0 aliphatic heterocycles. The van der Waals surface area contributed by atoms with Crippen LogP contribution in [0.3, 0.4) is 0 Å². The second-order valence-corrected chi connectivity index (χ2v) is 9.51. The average molecular weight is 466 g/mol. The number of aromatic hydroxyl groups is 1. The number of rotatable bonds is 12. The zero-order chi connectivity index (χ0) is 25.0. The third kappa shape index (κ3) is 9.60. The number of hydrogen-bond donors (Lipinski definition) is 1. The lowest BCUT2D eigenvalue weighted by molar-refractivity contribution is -0.757. The van der Waals surface area contributed by atoms with Crippen LogP contribution in [0.1, 0.15) is 116 Å². The Morgan fingerprint density at radius 2 is 1.85 bits per heavy atom. The van der Waals surface area contributed by atoms with Gasteiger partial charge in [0.15, 0.2) is 0 Å². The SMILES string of the molecule is CC.CC(C)Oc1cc(C(C)(C)CCCCCCO[N+](=O)[O-])cc(O)c1C1CCCC(=O)C1. The molecule has 1 unspecified atom stereocenters. The van der Waals surface area contributed by atoms with Gasteiger partial charge >= 0.3 is 0 Å². The number of carbonyl (C=O) groups excluding carboxylic acids is 1. The number of phenols is 1. The Hall–Kier alpha value is -2.31. The highest BCUT2D eigenvalue weighted by Crippen LogP contribution is 2.45. The Bertz CT molecular complexity index is 759. The Morgan fingerprint density at radius 1 is 1.18 bits per heavy atom. The van der Waals surface area contributed by atoms with Gasteiger partial charge in [0.25, 0.3) is 5.09 Å². The van der Waals surface area contributed by atoms with E-state index in [1.165, 1.54) is 0 Å². The number of carbonyl (C=O) groups is 1. The highest BCUT2D eigenvalue weighted by atomic mass is 16.9. The number of hydrogen-bond acceptors (Lipinski definition) is 6. The third-order valence-corrected chi connectivity index (χ3v) is 6.05. The van der Waals surface area contributed by atoms with Crippen LogP contribution in [-0.4, -0.2) is 28.7 Å². The van der Waals surface area contributed by atoms with Crippen molar-refractivity contribution in [3.63, 3.8) is 0 Å². The molecule has 0 amide bonds. The molecule has 2 rings (SSSR count). The van der Waals surface area contributed by atoms with Gasteiger partial charge in [0.1, 0.15) is 17.3 Å². The van der Waals surface area contributed by atoms with E-state index in [2.05, 4.69) is 18.7 Å². The highest BCUT2D eigenvalue weighted by Gasteiger charge is 2.30. The van der Waals surface area contributed by atoms with Crippen molar-refractivity contribution in [2.24, 2.45) is 0 Å². The van der Waals surface area contributed by atoms with Crippen LogP contribution in [0.4, 0.5) is 0 Å². The van der Waals surface area contributed by atoms with Crippen molar-refractivity contribution in [2.75, 3.05) is 6.61 Å². The summed E-state index contributed by atoms with van der Waals surface area (Å²) < 4.78 is 6.10. The van der Waals surface area contributed by atoms with E-state index in [9.17, 15) is 20.0 Å². The maximum atomic E-state index is 12.0. The van der Waals surface area contributed by atoms with Gasteiger partial charge in [-0.1, -0.05) is 47.0 Å². The van der Waals surface area contributed by atoms with Crippen LogP contribution in [0, 0.1) is 10.1 Å². The fourth-order valence-corrected chi connectivity index (χ4v) is 4.34. The van der Waals surface area contributed by atoms with Crippen LogP contribution < -0.4 is 4.74 Å². The van der Waals surface area contributed by atoms with Crippen LogP contribution in [-0.2, 0) is 15.0 Å². The monoisotopic (exact) mass is 465 g/mol. The quantitative estimate of drug-likeness (QED) is 0.205. The Balaban J connectivity index is 0.00000265. The maximum Gasteiger partial charge on any atom is 0.294 e. The van der Waals surface area contributed by atoms with E-state index in [0.717, 1.165) is 49.7 Å². The summed E-state index contributed by atoms with van der Waals surface area (Å²) in [4.78, 5) is 26.5. The summed E-state index contributed by atoms with van der Waals surface area (Å²) >= 11 is 0. The van der Waals surface area contributed by atoms with Gasteiger partial charge in [-0.05, 0) is 68.6 Å². The molecule has 1 aliphatic carbocycles. The lowest BCUT2D eigenvalue weighted by Gasteiger charge is -2.30. The van der Waals surface area contributed by atoms with Gasteiger partial charge in [-0.2, -0.15) is 0 Å². The predicted octanol–water partition coefficient (Wildman–Crippen LogP) is 6.87. The standard InChI is InChI=1S/C24H37NO6.C2H6/c1-17(2)31-22-16-19(15-21(27)23(22)18-10-9-11-20(26)14-18)24(3,4)12-7-5-6-8-13-30-25(28)29;1-2/h15-18,27H,5-14H2,1-4H3;1-2H3. The van der Waals surface area contributed by atoms with E-state index in [1.807, 2.05) is 39.8 Å². The van der Waals surface area contributed by atoms with E-state index >= 15 is 0 Å². The van der Waals surface area contributed by atoms with Gasteiger partial charge in [-0.15, -0.1) is 10.1 Å². The molecule has 1 atom stereocenters. The zero-order valence-electron chi connectivity index (χ0n) is 21.3. The summed E-state index contributed by atoms with van der Waals surface area (Å²) in [5.41, 5.74) is 1.63. The van der Waals surface area contributed by atoms with Crippen LogP contribution in [0.15, 0.2) is 12.1 Å². The van der Waals surface area contributed by atoms with Crippen LogP contribution in [0.25, 0.3) is 0 Å². The molecule has 1 aliphatic rings. The molecule has 7 nitrogen and oxygen atoms in total. The van der Waals surface area contributed by atoms with Gasteiger partial charge in [-0.3, -0.25) is 4.79 Å². The molecule has 0 radical (unpaired) electrons. The van der Waals surface area contributed by atoms with Crippen molar-refractivity contribution in [3.8, 4) is 11.5 Å². The first-order valence-electron chi connectivity index (χ1n) is 12.4. The number of phenolic OH excluding ortho intramolecular Hbond substituents is 1. The van der Waals surface area contributed by atoms with Crippen LogP contribution in [0.5, 0.6) is 11.5 Å². The molecular weight excluding hydrogens is 422 g/mol. The molecule has 0 heterocycles. The second-order valence-electron chi connectivity index (χ2n) is 9.51. The fraction of sp³-hybridized carbons (Fsp3) is 0.731. The first kappa shape index (κ1) is 28.7. The number of benzene rings is 1. The van der Waals surface area contributed by atoms with E-state index in [-0.39, 0.29) is 35.6 Å². The minimum Gasteiger partial charge on any atom is -0.508 e. The molecule has 1 aromatic rings. The first-order chi connectivity index (χ1) is 15.6. The molecule has 7 heteroatoms. The third-order valence-electron chi connectivity index (χ3n) is 6.05. The van der Waals surface area contributed by atoms with Crippen molar-refractivity contribution >= 4 is 5.78 Å². The minimum atomic E-state index is -0.751. The van der Waals surface area contributed by atoms with E-state index in [1.54, 1.807) is 0 Å². The number of ketones is 1. The van der Waals surface area contributed by atoms with Crippen LogP contribution >= 0.6 is 0 Å². The molecule has 1 fully saturated rings. The van der Waals surface area contributed by atoms with Crippen molar-refractivity contribution in [1.29, 1.82) is 0 Å². The summed E-state index contributed by atoms with van der Waals surface area (Å²) in [6.07, 6.45) is 7.21. The van der Waals surface area contributed by atoms with Crippen molar-refractivity contribution in [3.05, 3.63) is 33.4 Å². The molecule has 0 aromatic heterocycles. The number of unbranched alkanes of at least 4 members (excludes halogenated alkanes) is 3. The molecule has 0 bridgehead atoms. The largest absolute Gasteiger partial charge is 0.508 e. The van der Waals surface area contributed by atoms with Crippen molar-refractivity contribution in [1.82, 2.24) is 0 Å². The molecule has 1 aromatic carbocycles. The predicted molar refractivity (Wildman–Crippen MR) is 130 cm³/mol. The van der Waals surface area contributed by atoms with Gasteiger partial charge in [0.2, 0.25) is 0 Å². The Morgan fingerprint density at radius 3 is 2.45 bits per heavy atom. The molecule has 0 saturated heterocycles. The summed E-state index contributed by atoms with van der Waals surface area (Å²) in [7, 11) is 0. The summed E-state index contributed by atoms with van der Waals surface area (Å²) in [6, 6.07) is 3.88. The van der Waals surface area contributed by atoms with Crippen LogP contribution in [0.2, 0.25) is 0 Å². The second kappa shape index (κ2) is 14.1. The van der Waals surface area contributed by atoms with E-state index < -0.39 is 5.09 Å². The summed E-state index contributed by atoms with van der Waals surface area (Å²) in [5.74, 6) is 1.17. The molecule has 1 saturated carbocycles. The maximum absolute atomic E-state index is 12.0. The summed E-state index contributed by atoms with van der Waals surface area (Å²) in [6.45, 7) is 12.4. The van der Waals surface area contributed by atoms with Gasteiger partial charge < -0.3 is 14.7 Å². The molecule has 33 heavy (non-hydrogen) atoms. The van der Waals surface area contributed by atoms with Crippen molar-refractivity contribution in [2.45, 2.75) is 117 Å². The normalized spacial score (nSPS) is 16.2. The van der Waals surface area contributed by atoms with Gasteiger partial charge in [-0.25, -0.2) is 0 Å². The summed E-state index contributed by atoms with van der Waals surface area (Å²) in [5, 5.41) is 20.4. The molecule has 0 spiro atoms. The molecule has 188 valence electrons. The van der Waals surface area contributed by atoms with E-state index in [4.69, 9.17) is 4.74 Å². The Kier molecular flexibility index (Phi) is 12.2. The molecule has 1 N–H and O–H groups in total. The average Bonchev–Trinajstić information content (AvgIpc) is 2.73. The number of ether oxygens (including phenoxy) is 1. The Labute approximate surface area is 199 Å². The number of Topliss-reactive ketones (excluding diaryl/α,β-unsaturated/α-hetero) is 1. The lowest BCUT2D eigenvalue weighted by Crippen LogP contribution is -2.20.